The molecule has 0 spiro atoms. The first-order valence-corrected chi connectivity index (χ1v) is 3.97. The van der Waals surface area contributed by atoms with Crippen molar-refractivity contribution < 1.29 is 4.79 Å². The van der Waals surface area contributed by atoms with Gasteiger partial charge in [-0.25, -0.2) is 0 Å². The summed E-state index contributed by atoms with van der Waals surface area (Å²) in [5, 5.41) is 0. The molecule has 0 bridgehead atoms. The molecule has 0 fully saturated rings. The van der Waals surface area contributed by atoms with Gasteiger partial charge < -0.3 is 4.90 Å². The number of hydrogen-bond donors (Lipinski definition) is 0. The third-order valence-corrected chi connectivity index (χ3v) is 1.43. The van der Waals surface area contributed by atoms with Gasteiger partial charge in [0.15, 0.2) is 0 Å². The zero-order valence-corrected chi connectivity index (χ0v) is 7.18. The quantitative estimate of drug-likeness (QED) is 0.586. The predicted octanol–water partition coefficient (Wildman–Crippen LogP) is 1.65. The molecular formula is C8H17NO. The Morgan fingerprint density at radius 3 is 1.80 bits per heavy atom. The van der Waals surface area contributed by atoms with Crippen molar-refractivity contribution in [3.8, 4) is 0 Å². The zero-order valence-electron chi connectivity index (χ0n) is 7.18. The molecule has 0 N–H and O–H groups in total. The van der Waals surface area contributed by atoms with E-state index in [4.69, 9.17) is 0 Å². The van der Waals surface area contributed by atoms with Crippen LogP contribution in [0.25, 0.3) is 0 Å². The van der Waals surface area contributed by atoms with Crippen LogP contribution in [0.3, 0.4) is 0 Å². The summed E-state index contributed by atoms with van der Waals surface area (Å²) in [6, 6.07) is 0. The Morgan fingerprint density at radius 1 is 1.20 bits per heavy atom. The van der Waals surface area contributed by atoms with Gasteiger partial charge in [0, 0.05) is 20.0 Å². The molecule has 2 heteroatoms. The molecule has 0 aromatic heterocycles. The highest BCUT2D eigenvalue weighted by Crippen LogP contribution is 1.93. The Morgan fingerprint density at radius 2 is 1.60 bits per heavy atom. The largest absolute Gasteiger partial charge is 0.343 e. The van der Waals surface area contributed by atoms with Crippen LogP contribution in [-0.2, 0) is 4.79 Å². The molecule has 1 amide bonds. The van der Waals surface area contributed by atoms with Gasteiger partial charge in [-0.15, -0.1) is 0 Å². The highest BCUT2D eigenvalue weighted by atomic mass is 16.2. The summed E-state index contributed by atoms with van der Waals surface area (Å²) < 4.78 is 0. The van der Waals surface area contributed by atoms with E-state index in [1.165, 1.54) is 0 Å². The van der Waals surface area contributed by atoms with Crippen LogP contribution in [0, 0.1) is 0 Å². The maximum Gasteiger partial charge on any atom is 0.219 e. The molecule has 10 heavy (non-hydrogen) atoms. The van der Waals surface area contributed by atoms with Crippen LogP contribution in [0.1, 0.15) is 33.6 Å². The van der Waals surface area contributed by atoms with E-state index in [9.17, 15) is 4.79 Å². The van der Waals surface area contributed by atoms with Crippen LogP contribution in [0.5, 0.6) is 0 Å². The number of rotatable bonds is 4. The number of nitrogens with zero attached hydrogens (tertiary/aromatic N) is 1. The number of amides is 1. The van der Waals surface area contributed by atoms with Gasteiger partial charge in [-0.3, -0.25) is 4.79 Å². The van der Waals surface area contributed by atoms with E-state index in [-0.39, 0.29) is 5.91 Å². The lowest BCUT2D eigenvalue weighted by Gasteiger charge is -2.18. The number of carbonyl (C=O) groups excluding carboxylic acids is 1. The maximum absolute atomic E-state index is 10.8. The summed E-state index contributed by atoms with van der Waals surface area (Å²) in [6.45, 7) is 7.62. The standard InChI is InChI=1S/C8H17NO/c1-4-6-9(7-5-2)8(3)10/h4-7H2,1-3H3. The number of hydrogen-bond acceptors (Lipinski definition) is 1. The second-order valence-corrected chi connectivity index (χ2v) is 2.51. The molecule has 0 radical (unpaired) electrons. The molecule has 0 aliphatic rings. The highest BCUT2D eigenvalue weighted by molar-refractivity contribution is 5.73. The van der Waals surface area contributed by atoms with Crippen LogP contribution in [0.4, 0.5) is 0 Å². The van der Waals surface area contributed by atoms with Crippen LogP contribution in [0.15, 0.2) is 0 Å². The summed E-state index contributed by atoms with van der Waals surface area (Å²) in [4.78, 5) is 12.7. The minimum Gasteiger partial charge on any atom is -0.343 e. The molecule has 0 aromatic carbocycles. The summed E-state index contributed by atoms with van der Waals surface area (Å²) in [5.41, 5.74) is 0. The molecule has 0 saturated carbocycles. The second-order valence-electron chi connectivity index (χ2n) is 2.51. The highest BCUT2D eigenvalue weighted by Gasteiger charge is 2.03. The average molecular weight is 143 g/mol. The third-order valence-electron chi connectivity index (χ3n) is 1.43. The Kier molecular flexibility index (Phi) is 4.99. The molecule has 0 unspecified atom stereocenters. The first-order valence-electron chi connectivity index (χ1n) is 3.97. The second kappa shape index (κ2) is 5.27. The van der Waals surface area contributed by atoms with Crippen molar-refractivity contribution in [2.24, 2.45) is 0 Å². The van der Waals surface area contributed by atoms with E-state index >= 15 is 0 Å². The van der Waals surface area contributed by atoms with E-state index in [0.29, 0.717) is 0 Å². The van der Waals surface area contributed by atoms with Gasteiger partial charge in [-0.2, -0.15) is 0 Å². The lowest BCUT2D eigenvalue weighted by atomic mass is 10.3. The van der Waals surface area contributed by atoms with Crippen LogP contribution in [-0.4, -0.2) is 23.9 Å². The predicted molar refractivity (Wildman–Crippen MR) is 42.8 cm³/mol. The van der Waals surface area contributed by atoms with Gasteiger partial charge >= 0.3 is 0 Å². The maximum atomic E-state index is 10.8. The van der Waals surface area contributed by atoms with Crippen LogP contribution < -0.4 is 0 Å². The van der Waals surface area contributed by atoms with E-state index < -0.39 is 0 Å². The van der Waals surface area contributed by atoms with Gasteiger partial charge in [0.25, 0.3) is 0 Å². The monoisotopic (exact) mass is 143 g/mol. The zero-order chi connectivity index (χ0) is 7.98. The van der Waals surface area contributed by atoms with Crippen molar-refractivity contribution in [1.82, 2.24) is 4.90 Å². The fraction of sp³-hybridized carbons (Fsp3) is 0.875. The molecule has 0 aliphatic heterocycles. The molecule has 0 aromatic rings. The molecule has 0 saturated heterocycles. The number of carbonyl (C=O) groups is 1. The van der Waals surface area contributed by atoms with Gasteiger partial charge in [-0.05, 0) is 12.8 Å². The summed E-state index contributed by atoms with van der Waals surface area (Å²) in [6.07, 6.45) is 2.11. The smallest absolute Gasteiger partial charge is 0.219 e. The van der Waals surface area contributed by atoms with Crippen molar-refractivity contribution in [3.63, 3.8) is 0 Å². The van der Waals surface area contributed by atoms with Crippen molar-refractivity contribution in [3.05, 3.63) is 0 Å². The fourth-order valence-corrected chi connectivity index (χ4v) is 0.967. The van der Waals surface area contributed by atoms with Crippen molar-refractivity contribution in [2.75, 3.05) is 13.1 Å². The molecular weight excluding hydrogens is 126 g/mol. The van der Waals surface area contributed by atoms with Gasteiger partial charge in [-0.1, -0.05) is 13.8 Å². The molecule has 60 valence electrons. The molecule has 0 atom stereocenters. The molecule has 2 nitrogen and oxygen atoms in total. The van der Waals surface area contributed by atoms with Crippen molar-refractivity contribution >= 4 is 5.91 Å². The third kappa shape index (κ3) is 3.49. The van der Waals surface area contributed by atoms with Gasteiger partial charge in [0.2, 0.25) is 5.91 Å². The lowest BCUT2D eigenvalue weighted by Crippen LogP contribution is -2.29. The average Bonchev–Trinajstić information content (AvgIpc) is 1.87. The lowest BCUT2D eigenvalue weighted by molar-refractivity contribution is -0.128. The van der Waals surface area contributed by atoms with Gasteiger partial charge in [0.05, 0.1) is 0 Å². The van der Waals surface area contributed by atoms with E-state index in [0.717, 1.165) is 25.9 Å². The van der Waals surface area contributed by atoms with Crippen molar-refractivity contribution in [1.29, 1.82) is 0 Å². The molecule has 0 rings (SSSR count). The minimum absolute atomic E-state index is 0.198. The normalized spacial score (nSPS) is 9.50. The molecule has 0 aliphatic carbocycles. The minimum atomic E-state index is 0.198. The Hall–Kier alpha value is -0.530. The van der Waals surface area contributed by atoms with E-state index in [1.807, 2.05) is 4.90 Å². The van der Waals surface area contributed by atoms with E-state index in [2.05, 4.69) is 13.8 Å². The first kappa shape index (κ1) is 9.47. The summed E-state index contributed by atoms with van der Waals surface area (Å²) in [5.74, 6) is 0.198. The summed E-state index contributed by atoms with van der Waals surface area (Å²) in [7, 11) is 0. The Balaban J connectivity index is 3.61. The SMILES string of the molecule is CCCN(CCC)C(C)=O. The Labute approximate surface area is 63.2 Å². The van der Waals surface area contributed by atoms with Gasteiger partial charge in [0.1, 0.15) is 0 Å². The van der Waals surface area contributed by atoms with E-state index in [1.54, 1.807) is 6.92 Å². The Bertz CT molecular complexity index is 95.4. The topological polar surface area (TPSA) is 20.3 Å². The fourth-order valence-electron chi connectivity index (χ4n) is 0.967. The van der Waals surface area contributed by atoms with Crippen LogP contribution >= 0.6 is 0 Å². The molecule has 0 heterocycles. The van der Waals surface area contributed by atoms with Crippen molar-refractivity contribution in [2.45, 2.75) is 33.6 Å². The summed E-state index contributed by atoms with van der Waals surface area (Å²) >= 11 is 0. The first-order chi connectivity index (χ1) is 4.72. The van der Waals surface area contributed by atoms with Crippen LogP contribution in [0.2, 0.25) is 0 Å².